The molecule has 2 saturated carbocycles. The van der Waals surface area contributed by atoms with Gasteiger partial charge in [0.1, 0.15) is 0 Å². The zero-order valence-corrected chi connectivity index (χ0v) is 15.5. The molecular weight excluding hydrogens is 296 g/mol. The molecule has 0 unspecified atom stereocenters. The first kappa shape index (κ1) is 17.5. The van der Waals surface area contributed by atoms with Crippen LogP contribution in [0.25, 0.3) is 0 Å². The maximum atomic E-state index is 12.8. The van der Waals surface area contributed by atoms with Crippen molar-refractivity contribution in [2.45, 2.75) is 65.0 Å². The smallest absolute Gasteiger partial charge is 0.236 e. The molecule has 132 valence electrons. The Morgan fingerprint density at radius 2 is 1.75 bits per heavy atom. The monoisotopic (exact) mass is 328 g/mol. The molecule has 2 aliphatic carbocycles. The Labute approximate surface area is 147 Å². The number of carbonyl (C=O) groups excluding carboxylic acids is 1. The highest BCUT2D eigenvalue weighted by molar-refractivity contribution is 5.79. The Morgan fingerprint density at radius 1 is 1.08 bits per heavy atom. The standard InChI is InChI=1S/C21H32N2O/c1-4-22(15-21(24)23(5-2)19-12-13-19)20(18-10-11-18)14-17-8-6-16(3)7-9-17/h6-9,18-20H,4-5,10-15H2,1-3H3/t20-/m1/s1. The van der Waals surface area contributed by atoms with Crippen molar-refractivity contribution in [3.05, 3.63) is 35.4 Å². The third kappa shape index (κ3) is 4.38. The number of rotatable bonds is 9. The molecule has 1 aromatic carbocycles. The number of nitrogens with zero attached hydrogens (tertiary/aromatic N) is 2. The lowest BCUT2D eigenvalue weighted by atomic mass is 9.99. The van der Waals surface area contributed by atoms with E-state index in [1.165, 1.54) is 36.8 Å². The van der Waals surface area contributed by atoms with Crippen molar-refractivity contribution in [1.29, 1.82) is 0 Å². The Hall–Kier alpha value is -1.35. The Bertz CT molecular complexity index is 545. The van der Waals surface area contributed by atoms with E-state index in [2.05, 4.69) is 54.8 Å². The number of hydrogen-bond acceptors (Lipinski definition) is 2. The molecule has 0 spiro atoms. The number of aryl methyl sites for hydroxylation is 1. The van der Waals surface area contributed by atoms with Crippen molar-refractivity contribution in [3.8, 4) is 0 Å². The fourth-order valence-electron chi connectivity index (χ4n) is 3.79. The normalized spacial score (nSPS) is 18.7. The topological polar surface area (TPSA) is 23.6 Å². The molecule has 0 radical (unpaired) electrons. The Morgan fingerprint density at radius 3 is 2.25 bits per heavy atom. The van der Waals surface area contributed by atoms with Gasteiger partial charge in [0.05, 0.1) is 6.54 Å². The second kappa shape index (κ2) is 7.69. The summed E-state index contributed by atoms with van der Waals surface area (Å²) in [6.07, 6.45) is 6.10. The molecule has 0 bridgehead atoms. The first-order chi connectivity index (χ1) is 11.6. The summed E-state index contributed by atoms with van der Waals surface area (Å²) in [5.74, 6) is 1.10. The molecule has 2 fully saturated rings. The van der Waals surface area contributed by atoms with Crippen LogP contribution < -0.4 is 0 Å². The zero-order valence-electron chi connectivity index (χ0n) is 15.5. The number of likely N-dealkylation sites (N-methyl/N-ethyl adjacent to an activating group) is 2. The number of amides is 1. The van der Waals surface area contributed by atoms with Gasteiger partial charge in [-0.3, -0.25) is 9.69 Å². The van der Waals surface area contributed by atoms with Crippen molar-refractivity contribution >= 4 is 5.91 Å². The number of hydrogen-bond donors (Lipinski definition) is 0. The van der Waals surface area contributed by atoms with Gasteiger partial charge in [0.2, 0.25) is 5.91 Å². The second-order valence-electron chi connectivity index (χ2n) is 7.57. The molecule has 2 aliphatic rings. The lowest BCUT2D eigenvalue weighted by molar-refractivity contribution is -0.133. The van der Waals surface area contributed by atoms with Crippen LogP contribution in [0.2, 0.25) is 0 Å². The fourth-order valence-corrected chi connectivity index (χ4v) is 3.79. The average Bonchev–Trinajstić information content (AvgIpc) is 3.46. The van der Waals surface area contributed by atoms with Crippen LogP contribution >= 0.6 is 0 Å². The average molecular weight is 329 g/mol. The molecule has 1 aromatic rings. The second-order valence-corrected chi connectivity index (χ2v) is 7.57. The fraction of sp³-hybridized carbons (Fsp3) is 0.667. The highest BCUT2D eigenvalue weighted by atomic mass is 16.2. The van der Waals surface area contributed by atoms with Crippen molar-refractivity contribution in [2.75, 3.05) is 19.6 Å². The SMILES string of the molecule is CCN(C(=O)CN(CC)[C@H](Cc1ccc(C)cc1)C1CC1)C1CC1. The van der Waals surface area contributed by atoms with Gasteiger partial charge in [-0.2, -0.15) is 0 Å². The molecular formula is C21H32N2O. The van der Waals surface area contributed by atoms with Gasteiger partial charge in [-0.15, -0.1) is 0 Å². The molecule has 0 heterocycles. The molecule has 0 aliphatic heterocycles. The van der Waals surface area contributed by atoms with Crippen LogP contribution in [0, 0.1) is 12.8 Å². The lowest BCUT2D eigenvalue weighted by Gasteiger charge is -2.33. The lowest BCUT2D eigenvalue weighted by Crippen LogP contribution is -2.46. The first-order valence-electron chi connectivity index (χ1n) is 9.71. The molecule has 1 atom stereocenters. The van der Waals surface area contributed by atoms with Gasteiger partial charge in [0.25, 0.3) is 0 Å². The third-order valence-electron chi connectivity index (χ3n) is 5.59. The van der Waals surface area contributed by atoms with Crippen LogP contribution in [0.15, 0.2) is 24.3 Å². The first-order valence-corrected chi connectivity index (χ1v) is 9.71. The van der Waals surface area contributed by atoms with E-state index in [0.717, 1.165) is 25.4 Å². The largest absolute Gasteiger partial charge is 0.339 e. The predicted molar refractivity (Wildman–Crippen MR) is 99.1 cm³/mol. The predicted octanol–water partition coefficient (Wildman–Crippen LogP) is 3.65. The van der Waals surface area contributed by atoms with Crippen LogP contribution in [-0.2, 0) is 11.2 Å². The van der Waals surface area contributed by atoms with Crippen LogP contribution in [0.1, 0.15) is 50.7 Å². The van der Waals surface area contributed by atoms with E-state index in [9.17, 15) is 4.79 Å². The maximum Gasteiger partial charge on any atom is 0.236 e. The van der Waals surface area contributed by atoms with Crippen LogP contribution in [0.5, 0.6) is 0 Å². The van der Waals surface area contributed by atoms with Crippen molar-refractivity contribution in [2.24, 2.45) is 5.92 Å². The van der Waals surface area contributed by atoms with Gasteiger partial charge in [-0.25, -0.2) is 0 Å². The summed E-state index contributed by atoms with van der Waals surface area (Å²) < 4.78 is 0. The minimum Gasteiger partial charge on any atom is -0.339 e. The van der Waals surface area contributed by atoms with Crippen molar-refractivity contribution in [1.82, 2.24) is 9.80 Å². The molecule has 0 saturated heterocycles. The van der Waals surface area contributed by atoms with Gasteiger partial charge in [-0.1, -0.05) is 36.8 Å². The van der Waals surface area contributed by atoms with E-state index >= 15 is 0 Å². The molecule has 3 rings (SSSR count). The van der Waals surface area contributed by atoms with Crippen LogP contribution in [-0.4, -0.2) is 47.4 Å². The summed E-state index contributed by atoms with van der Waals surface area (Å²) in [4.78, 5) is 17.3. The van der Waals surface area contributed by atoms with Gasteiger partial charge >= 0.3 is 0 Å². The van der Waals surface area contributed by atoms with E-state index < -0.39 is 0 Å². The molecule has 24 heavy (non-hydrogen) atoms. The van der Waals surface area contributed by atoms with Gasteiger partial charge in [0.15, 0.2) is 0 Å². The van der Waals surface area contributed by atoms with E-state index in [0.29, 0.717) is 24.5 Å². The summed E-state index contributed by atoms with van der Waals surface area (Å²) in [6.45, 7) is 8.85. The van der Waals surface area contributed by atoms with Crippen molar-refractivity contribution in [3.63, 3.8) is 0 Å². The highest BCUT2D eigenvalue weighted by Gasteiger charge is 2.37. The van der Waals surface area contributed by atoms with Crippen molar-refractivity contribution < 1.29 is 4.79 Å². The third-order valence-corrected chi connectivity index (χ3v) is 5.59. The Balaban J connectivity index is 1.65. The minimum atomic E-state index is 0.330. The van der Waals surface area contributed by atoms with E-state index in [-0.39, 0.29) is 0 Å². The summed E-state index contributed by atoms with van der Waals surface area (Å²) in [5.41, 5.74) is 2.71. The minimum absolute atomic E-state index is 0.330. The van der Waals surface area contributed by atoms with E-state index in [4.69, 9.17) is 0 Å². The Kier molecular flexibility index (Phi) is 5.60. The summed E-state index contributed by atoms with van der Waals surface area (Å²) in [6, 6.07) is 9.95. The summed E-state index contributed by atoms with van der Waals surface area (Å²) >= 11 is 0. The van der Waals surface area contributed by atoms with E-state index in [1.807, 2.05) is 0 Å². The quantitative estimate of drug-likeness (QED) is 0.691. The molecule has 1 amide bonds. The number of carbonyl (C=O) groups is 1. The molecule has 0 N–H and O–H groups in total. The van der Waals surface area contributed by atoms with Crippen LogP contribution in [0.4, 0.5) is 0 Å². The summed E-state index contributed by atoms with van der Waals surface area (Å²) in [5, 5.41) is 0. The maximum absolute atomic E-state index is 12.8. The molecule has 0 aromatic heterocycles. The van der Waals surface area contributed by atoms with Gasteiger partial charge in [0, 0.05) is 18.6 Å². The van der Waals surface area contributed by atoms with Gasteiger partial charge in [-0.05, 0) is 64.0 Å². The zero-order chi connectivity index (χ0) is 17.1. The van der Waals surface area contributed by atoms with E-state index in [1.54, 1.807) is 0 Å². The number of benzene rings is 1. The highest BCUT2D eigenvalue weighted by Crippen LogP contribution is 2.37. The van der Waals surface area contributed by atoms with Gasteiger partial charge < -0.3 is 4.90 Å². The summed E-state index contributed by atoms with van der Waals surface area (Å²) in [7, 11) is 0. The van der Waals surface area contributed by atoms with Crippen LogP contribution in [0.3, 0.4) is 0 Å². The molecule has 3 heteroatoms. The molecule has 3 nitrogen and oxygen atoms in total.